The first kappa shape index (κ1) is 10.9. The van der Waals surface area contributed by atoms with Gasteiger partial charge in [-0.1, -0.05) is 0 Å². The average molecular weight is 211 g/mol. The van der Waals surface area contributed by atoms with Crippen molar-refractivity contribution in [2.24, 2.45) is 5.73 Å². The number of hydrogen-bond acceptors (Lipinski definition) is 3. The fourth-order valence-corrected chi connectivity index (χ4v) is 2.59. The smallest absolute Gasteiger partial charge is 0.237 e. The van der Waals surface area contributed by atoms with Gasteiger partial charge < -0.3 is 11.1 Å². The molecular formula is C11H21N3O. The first-order valence-corrected chi connectivity index (χ1v) is 5.82. The number of rotatable bonds is 3. The molecule has 4 nitrogen and oxygen atoms in total. The molecule has 0 aromatic heterocycles. The van der Waals surface area contributed by atoms with Crippen LogP contribution in [0.5, 0.6) is 0 Å². The van der Waals surface area contributed by atoms with E-state index in [2.05, 4.69) is 24.1 Å². The highest BCUT2D eigenvalue weighted by atomic mass is 16.2. The SMILES string of the molecule is CC1(C)CNC(=O)C(CCN)N1C1CC1. The van der Waals surface area contributed by atoms with Gasteiger partial charge in [-0.2, -0.15) is 0 Å². The number of piperazine rings is 1. The van der Waals surface area contributed by atoms with Gasteiger partial charge in [-0.25, -0.2) is 0 Å². The summed E-state index contributed by atoms with van der Waals surface area (Å²) in [6.07, 6.45) is 3.24. The molecule has 0 radical (unpaired) electrons. The highest BCUT2D eigenvalue weighted by Crippen LogP contribution is 2.36. The third kappa shape index (κ3) is 2.01. The predicted molar refractivity (Wildman–Crippen MR) is 59.4 cm³/mol. The maximum atomic E-state index is 11.8. The summed E-state index contributed by atoms with van der Waals surface area (Å²) in [6, 6.07) is 0.605. The Morgan fingerprint density at radius 2 is 2.20 bits per heavy atom. The molecule has 1 unspecified atom stereocenters. The molecular weight excluding hydrogens is 190 g/mol. The molecule has 86 valence electrons. The van der Waals surface area contributed by atoms with Gasteiger partial charge >= 0.3 is 0 Å². The third-order valence-electron chi connectivity index (χ3n) is 3.41. The van der Waals surface area contributed by atoms with Gasteiger partial charge in [0.25, 0.3) is 0 Å². The summed E-state index contributed by atoms with van der Waals surface area (Å²) >= 11 is 0. The maximum absolute atomic E-state index is 11.8. The molecule has 0 bridgehead atoms. The Morgan fingerprint density at radius 3 is 2.73 bits per heavy atom. The van der Waals surface area contributed by atoms with Crippen LogP contribution in [0.2, 0.25) is 0 Å². The first-order chi connectivity index (χ1) is 7.06. The second kappa shape index (κ2) is 3.76. The molecule has 1 amide bonds. The van der Waals surface area contributed by atoms with E-state index in [9.17, 15) is 4.79 Å². The zero-order valence-electron chi connectivity index (χ0n) is 9.62. The Labute approximate surface area is 91.2 Å². The van der Waals surface area contributed by atoms with Crippen LogP contribution in [0.4, 0.5) is 0 Å². The minimum absolute atomic E-state index is 0.00810. The number of amides is 1. The molecule has 1 heterocycles. The Hall–Kier alpha value is -0.610. The van der Waals surface area contributed by atoms with Gasteiger partial charge in [0.05, 0.1) is 6.04 Å². The summed E-state index contributed by atoms with van der Waals surface area (Å²) in [5, 5.41) is 2.98. The van der Waals surface area contributed by atoms with E-state index in [1.807, 2.05) is 0 Å². The zero-order valence-corrected chi connectivity index (χ0v) is 9.62. The van der Waals surface area contributed by atoms with Crippen LogP contribution in [0.3, 0.4) is 0 Å². The quantitative estimate of drug-likeness (QED) is 0.695. The monoisotopic (exact) mass is 211 g/mol. The van der Waals surface area contributed by atoms with Crippen molar-refractivity contribution in [3.05, 3.63) is 0 Å². The molecule has 0 aromatic carbocycles. The van der Waals surface area contributed by atoms with Crippen LogP contribution in [-0.2, 0) is 4.79 Å². The van der Waals surface area contributed by atoms with Crippen LogP contribution >= 0.6 is 0 Å². The molecule has 1 saturated heterocycles. The molecule has 1 aliphatic carbocycles. The zero-order chi connectivity index (χ0) is 11.1. The summed E-state index contributed by atoms with van der Waals surface area (Å²) in [6.45, 7) is 5.74. The topological polar surface area (TPSA) is 58.4 Å². The van der Waals surface area contributed by atoms with Crippen molar-refractivity contribution in [2.75, 3.05) is 13.1 Å². The number of nitrogens with two attached hydrogens (primary N) is 1. The summed E-state index contributed by atoms with van der Waals surface area (Å²) in [5.74, 6) is 0.159. The van der Waals surface area contributed by atoms with Gasteiger partial charge in [-0.3, -0.25) is 9.69 Å². The summed E-state index contributed by atoms with van der Waals surface area (Å²) < 4.78 is 0. The van der Waals surface area contributed by atoms with Crippen molar-refractivity contribution in [3.63, 3.8) is 0 Å². The fourth-order valence-electron chi connectivity index (χ4n) is 2.59. The second-order valence-electron chi connectivity index (χ2n) is 5.26. The lowest BCUT2D eigenvalue weighted by molar-refractivity contribution is -0.135. The van der Waals surface area contributed by atoms with Crippen LogP contribution in [0.15, 0.2) is 0 Å². The molecule has 2 aliphatic rings. The van der Waals surface area contributed by atoms with Crippen molar-refractivity contribution < 1.29 is 4.79 Å². The highest BCUT2D eigenvalue weighted by Gasteiger charge is 2.47. The van der Waals surface area contributed by atoms with E-state index < -0.39 is 0 Å². The average Bonchev–Trinajstić information content (AvgIpc) is 2.95. The lowest BCUT2D eigenvalue weighted by Crippen LogP contribution is -2.66. The van der Waals surface area contributed by atoms with Gasteiger partial charge in [0, 0.05) is 18.1 Å². The molecule has 2 rings (SSSR count). The van der Waals surface area contributed by atoms with Crippen LogP contribution in [0.1, 0.15) is 33.1 Å². The second-order valence-corrected chi connectivity index (χ2v) is 5.26. The molecule has 1 atom stereocenters. The van der Waals surface area contributed by atoms with E-state index >= 15 is 0 Å². The number of nitrogens with one attached hydrogen (secondary N) is 1. The van der Waals surface area contributed by atoms with E-state index in [0.717, 1.165) is 13.0 Å². The largest absolute Gasteiger partial charge is 0.353 e. The Balaban J connectivity index is 2.17. The summed E-state index contributed by atoms with van der Waals surface area (Å²) in [4.78, 5) is 14.2. The molecule has 3 N–H and O–H groups in total. The van der Waals surface area contributed by atoms with Crippen molar-refractivity contribution >= 4 is 5.91 Å². The minimum atomic E-state index is -0.00810. The van der Waals surface area contributed by atoms with E-state index in [-0.39, 0.29) is 17.5 Å². The molecule has 2 fully saturated rings. The van der Waals surface area contributed by atoms with Gasteiger partial charge in [-0.15, -0.1) is 0 Å². The Morgan fingerprint density at radius 1 is 1.53 bits per heavy atom. The third-order valence-corrected chi connectivity index (χ3v) is 3.41. The minimum Gasteiger partial charge on any atom is -0.353 e. The van der Waals surface area contributed by atoms with E-state index in [1.54, 1.807) is 0 Å². The van der Waals surface area contributed by atoms with Gasteiger partial charge in [0.1, 0.15) is 0 Å². The van der Waals surface area contributed by atoms with Gasteiger partial charge in [0.2, 0.25) is 5.91 Å². The van der Waals surface area contributed by atoms with Gasteiger partial charge in [-0.05, 0) is 39.7 Å². The first-order valence-electron chi connectivity index (χ1n) is 5.82. The van der Waals surface area contributed by atoms with Crippen molar-refractivity contribution in [1.82, 2.24) is 10.2 Å². The highest BCUT2D eigenvalue weighted by molar-refractivity contribution is 5.83. The van der Waals surface area contributed by atoms with Crippen LogP contribution in [-0.4, -0.2) is 41.5 Å². The summed E-state index contributed by atoms with van der Waals surface area (Å²) in [7, 11) is 0. The number of carbonyl (C=O) groups excluding carboxylic acids is 1. The number of hydrogen-bond donors (Lipinski definition) is 2. The lowest BCUT2D eigenvalue weighted by atomic mass is 9.94. The van der Waals surface area contributed by atoms with Crippen molar-refractivity contribution in [1.29, 1.82) is 0 Å². The van der Waals surface area contributed by atoms with E-state index in [0.29, 0.717) is 12.6 Å². The Bertz CT molecular complexity index is 261. The molecule has 0 spiro atoms. The number of carbonyl (C=O) groups is 1. The van der Waals surface area contributed by atoms with E-state index in [4.69, 9.17) is 5.73 Å². The lowest BCUT2D eigenvalue weighted by Gasteiger charge is -2.47. The van der Waals surface area contributed by atoms with Crippen LogP contribution in [0, 0.1) is 0 Å². The van der Waals surface area contributed by atoms with Gasteiger partial charge in [0.15, 0.2) is 0 Å². The molecule has 15 heavy (non-hydrogen) atoms. The molecule has 1 saturated carbocycles. The molecule has 4 heteroatoms. The van der Waals surface area contributed by atoms with Crippen molar-refractivity contribution in [3.8, 4) is 0 Å². The normalized spacial score (nSPS) is 31.4. The van der Waals surface area contributed by atoms with Crippen molar-refractivity contribution in [2.45, 2.75) is 50.7 Å². The fraction of sp³-hybridized carbons (Fsp3) is 0.909. The maximum Gasteiger partial charge on any atom is 0.237 e. The Kier molecular flexibility index (Phi) is 2.73. The van der Waals surface area contributed by atoms with Crippen LogP contribution < -0.4 is 11.1 Å². The molecule has 1 aliphatic heterocycles. The summed E-state index contributed by atoms with van der Waals surface area (Å²) in [5.41, 5.74) is 5.66. The molecule has 0 aromatic rings. The van der Waals surface area contributed by atoms with E-state index in [1.165, 1.54) is 12.8 Å². The number of nitrogens with zero attached hydrogens (tertiary/aromatic N) is 1. The predicted octanol–water partition coefficient (Wildman–Crippen LogP) is 0.0766. The van der Waals surface area contributed by atoms with Crippen LogP contribution in [0.25, 0.3) is 0 Å². The standard InChI is InChI=1S/C11H21N3O/c1-11(2)7-13-10(15)9(5-6-12)14(11)8-3-4-8/h8-9H,3-7,12H2,1-2H3,(H,13,15).